The smallest absolute Gasteiger partial charge is 0.514 e. The fourth-order valence-electron chi connectivity index (χ4n) is 5.20. The number of hydrogen-bond acceptors (Lipinski definition) is 10. The monoisotopic (exact) mass is 680 g/mol. The summed E-state index contributed by atoms with van der Waals surface area (Å²) in [4.78, 5) is 25.3. The Morgan fingerprint density at radius 3 is 1.84 bits per heavy atom. The summed E-state index contributed by atoms with van der Waals surface area (Å²) >= 11 is 1.64. The standard InChI is InChI=1S/C38H34NO9S/c1-44-32-18-14-30(15-19-32)38(28-9-5-3-6-10-28,29-11-7-4-8-12-29)49-24-23-36(40)48-34-22-13-27(25-35(34)45-2)26-46-37(41)47-33-20-16-31(17-21-33)39(42)43/h3-22,25,39H,23-24,26H2,1-2H3/q-1. The third kappa shape index (κ3) is 8.78. The summed E-state index contributed by atoms with van der Waals surface area (Å²) in [5.41, 5.74) is 3.70. The van der Waals surface area contributed by atoms with Crippen molar-refractivity contribution in [2.24, 2.45) is 0 Å². The molecule has 0 heterocycles. The van der Waals surface area contributed by atoms with E-state index in [2.05, 4.69) is 36.4 Å². The SMILES string of the molecule is COc1ccc(C(SCCC(=O)Oc2ccc(COC(=O)Oc3ccc([NH+]([O-])[O-])cc3)cc2OC)(c2ccccc2)c2ccccc2)cc1. The van der Waals surface area contributed by atoms with Crippen LogP contribution in [-0.4, -0.2) is 32.1 Å². The average Bonchev–Trinajstić information content (AvgIpc) is 3.14. The molecule has 252 valence electrons. The largest absolute Gasteiger partial charge is 0.628 e. The number of rotatable bonds is 14. The minimum Gasteiger partial charge on any atom is -0.628 e. The van der Waals surface area contributed by atoms with Crippen molar-refractivity contribution in [1.82, 2.24) is 0 Å². The molecule has 0 saturated carbocycles. The van der Waals surface area contributed by atoms with Gasteiger partial charge in [-0.15, -0.1) is 11.8 Å². The first-order valence-electron chi connectivity index (χ1n) is 15.3. The van der Waals surface area contributed by atoms with Crippen LogP contribution in [0.4, 0.5) is 10.5 Å². The highest BCUT2D eigenvalue weighted by atomic mass is 32.2. The van der Waals surface area contributed by atoms with Gasteiger partial charge in [-0.3, -0.25) is 4.79 Å². The van der Waals surface area contributed by atoms with Gasteiger partial charge in [-0.1, -0.05) is 78.9 Å². The molecule has 0 unspecified atom stereocenters. The van der Waals surface area contributed by atoms with E-state index in [-0.39, 0.29) is 36.0 Å². The Bertz CT molecular complexity index is 1780. The van der Waals surface area contributed by atoms with Gasteiger partial charge in [0.15, 0.2) is 11.5 Å². The van der Waals surface area contributed by atoms with E-state index in [0.717, 1.165) is 22.4 Å². The number of benzene rings is 5. The third-order valence-corrected chi connectivity index (χ3v) is 9.13. The van der Waals surface area contributed by atoms with Crippen molar-refractivity contribution in [2.45, 2.75) is 17.8 Å². The topological polar surface area (TPSA) is 131 Å². The van der Waals surface area contributed by atoms with Crippen LogP contribution < -0.4 is 24.2 Å². The van der Waals surface area contributed by atoms with Crippen LogP contribution in [0.2, 0.25) is 0 Å². The predicted octanol–water partition coefficient (Wildman–Crippen LogP) is 6.95. The van der Waals surface area contributed by atoms with Gasteiger partial charge in [-0.25, -0.2) is 4.79 Å². The zero-order chi connectivity index (χ0) is 34.6. The van der Waals surface area contributed by atoms with E-state index >= 15 is 0 Å². The first-order chi connectivity index (χ1) is 23.8. The molecule has 0 aliphatic heterocycles. The highest BCUT2D eigenvalue weighted by Crippen LogP contribution is 2.49. The van der Waals surface area contributed by atoms with E-state index in [1.165, 1.54) is 31.4 Å². The van der Waals surface area contributed by atoms with Crippen molar-refractivity contribution in [1.29, 1.82) is 0 Å². The Hall–Kier alpha value is -5.33. The van der Waals surface area contributed by atoms with Gasteiger partial charge in [0.25, 0.3) is 0 Å². The number of quaternary nitrogens is 1. The van der Waals surface area contributed by atoms with E-state index < -0.39 is 22.1 Å². The molecule has 11 heteroatoms. The Balaban J connectivity index is 1.24. The lowest BCUT2D eigenvalue weighted by Gasteiger charge is -2.35. The molecule has 0 aromatic heterocycles. The van der Waals surface area contributed by atoms with Gasteiger partial charge in [-0.2, -0.15) is 0 Å². The van der Waals surface area contributed by atoms with E-state index in [1.807, 2.05) is 48.5 Å². The summed E-state index contributed by atoms with van der Waals surface area (Å²) in [5.74, 6) is 1.39. The number of carbonyl (C=O) groups excluding carboxylic acids is 2. The van der Waals surface area contributed by atoms with Crippen LogP contribution in [0.1, 0.15) is 28.7 Å². The molecule has 0 atom stereocenters. The molecule has 10 nitrogen and oxygen atoms in total. The van der Waals surface area contributed by atoms with Gasteiger partial charge in [0.2, 0.25) is 0 Å². The molecule has 0 radical (unpaired) electrons. The first-order valence-corrected chi connectivity index (χ1v) is 16.2. The van der Waals surface area contributed by atoms with Gasteiger partial charge in [-0.05, 0) is 58.7 Å². The maximum absolute atomic E-state index is 13.2. The number of thioether (sulfide) groups is 1. The maximum atomic E-state index is 13.2. The molecule has 0 bridgehead atoms. The summed E-state index contributed by atoms with van der Waals surface area (Å²) in [6, 6.07) is 38.3. The number of esters is 1. The van der Waals surface area contributed by atoms with E-state index in [4.69, 9.17) is 23.7 Å². The van der Waals surface area contributed by atoms with Crippen LogP contribution in [0.15, 0.2) is 127 Å². The molecule has 1 N–H and O–H groups in total. The van der Waals surface area contributed by atoms with Crippen LogP contribution >= 0.6 is 11.8 Å². The predicted molar refractivity (Wildman–Crippen MR) is 186 cm³/mol. The van der Waals surface area contributed by atoms with Crippen LogP contribution in [0.5, 0.6) is 23.0 Å². The molecular formula is C38H34NO9S-. The summed E-state index contributed by atoms with van der Waals surface area (Å²) in [6.07, 6.45) is -0.864. The van der Waals surface area contributed by atoms with E-state index in [9.17, 15) is 20.0 Å². The van der Waals surface area contributed by atoms with Gasteiger partial charge >= 0.3 is 12.1 Å². The lowest BCUT2D eigenvalue weighted by Crippen LogP contribution is -2.96. The highest BCUT2D eigenvalue weighted by Gasteiger charge is 2.37. The first kappa shape index (κ1) is 35.0. The number of carbonyl (C=O) groups is 2. The zero-order valence-corrected chi connectivity index (χ0v) is 27.6. The quantitative estimate of drug-likeness (QED) is 0.0432. The fourth-order valence-corrected chi connectivity index (χ4v) is 6.68. The molecule has 0 saturated heterocycles. The molecule has 0 aliphatic carbocycles. The maximum Gasteiger partial charge on any atom is 0.514 e. The van der Waals surface area contributed by atoms with Gasteiger partial charge in [0.1, 0.15) is 23.8 Å². The second kappa shape index (κ2) is 16.7. The number of nitrogens with one attached hydrogen (secondary N) is 1. The van der Waals surface area contributed by atoms with Crippen molar-refractivity contribution in [3.63, 3.8) is 0 Å². The Morgan fingerprint density at radius 1 is 0.673 bits per heavy atom. The van der Waals surface area contributed by atoms with Crippen molar-refractivity contribution in [3.8, 4) is 23.0 Å². The van der Waals surface area contributed by atoms with Gasteiger partial charge in [0, 0.05) is 17.9 Å². The summed E-state index contributed by atoms with van der Waals surface area (Å²) in [5, 5.41) is 20.4. The Labute approximate surface area is 288 Å². The molecule has 5 aromatic rings. The molecular weight excluding hydrogens is 646 g/mol. The second-order valence-corrected chi connectivity index (χ2v) is 12.0. The molecule has 0 fully saturated rings. The average molecular weight is 681 g/mol. The molecule has 0 aliphatic rings. The van der Waals surface area contributed by atoms with Crippen LogP contribution in [0, 0.1) is 10.4 Å². The Kier molecular flexibility index (Phi) is 11.9. The van der Waals surface area contributed by atoms with Crippen molar-refractivity contribution < 1.29 is 38.5 Å². The number of methoxy groups -OCH3 is 2. The minimum atomic E-state index is -1.34. The zero-order valence-electron chi connectivity index (χ0n) is 26.8. The van der Waals surface area contributed by atoms with Gasteiger partial charge < -0.3 is 39.3 Å². The highest BCUT2D eigenvalue weighted by molar-refractivity contribution is 8.00. The molecule has 5 rings (SSSR count). The molecule has 0 amide bonds. The van der Waals surface area contributed by atoms with E-state index in [1.54, 1.807) is 37.1 Å². The molecule has 0 spiro atoms. The second-order valence-electron chi connectivity index (χ2n) is 10.7. The number of hydrogen-bond donors (Lipinski definition) is 1. The summed E-state index contributed by atoms with van der Waals surface area (Å²) < 4.78 is 26.2. The van der Waals surface area contributed by atoms with Crippen LogP contribution in [-0.2, 0) is 20.9 Å². The number of ether oxygens (including phenoxy) is 5. The summed E-state index contributed by atoms with van der Waals surface area (Å²) in [7, 11) is 3.08. The van der Waals surface area contributed by atoms with Crippen molar-refractivity contribution in [3.05, 3.63) is 160 Å². The molecule has 49 heavy (non-hydrogen) atoms. The lowest BCUT2D eigenvalue weighted by atomic mass is 9.84. The lowest BCUT2D eigenvalue weighted by molar-refractivity contribution is -0.715. The van der Waals surface area contributed by atoms with Crippen molar-refractivity contribution in [2.75, 3.05) is 20.0 Å². The third-order valence-electron chi connectivity index (χ3n) is 7.58. The van der Waals surface area contributed by atoms with E-state index in [0.29, 0.717) is 11.3 Å². The van der Waals surface area contributed by atoms with Gasteiger partial charge in [0.05, 0.1) is 25.4 Å². The van der Waals surface area contributed by atoms with Crippen LogP contribution in [0.25, 0.3) is 0 Å². The summed E-state index contributed by atoms with van der Waals surface area (Å²) in [6.45, 7) is -0.149. The normalized spacial score (nSPS) is 11.1. The minimum absolute atomic E-state index is 0.0478. The van der Waals surface area contributed by atoms with Crippen LogP contribution in [0.3, 0.4) is 0 Å². The molecule has 5 aromatic carbocycles. The van der Waals surface area contributed by atoms with Crippen molar-refractivity contribution >= 4 is 29.6 Å². The Morgan fingerprint density at radius 2 is 1.27 bits per heavy atom. The fraction of sp³-hybridized carbons (Fsp3) is 0.158.